The molecule has 0 bridgehead atoms. The standard InChI is InChI=1S/C16H26N4O5S/c1-10(2)5-12-6-13(19-16(22)17-12)15(21)18-14-8-25-7-11(14)9-26(23,24)20(3)4/h6,10-11,14H,5,7-9H2,1-4H3,(H,18,21)(H,17,19,22)/t11-,14+/m0/s1. The maximum absolute atomic E-state index is 12.5. The Labute approximate surface area is 153 Å². The molecule has 2 rings (SSSR count). The third kappa shape index (κ3) is 5.36. The summed E-state index contributed by atoms with van der Waals surface area (Å²) >= 11 is 0. The van der Waals surface area contributed by atoms with Gasteiger partial charge in [-0.05, 0) is 18.4 Å². The average Bonchev–Trinajstić information content (AvgIpc) is 2.92. The van der Waals surface area contributed by atoms with Gasteiger partial charge in [0.15, 0.2) is 0 Å². The molecule has 0 aromatic carbocycles. The molecular weight excluding hydrogens is 360 g/mol. The van der Waals surface area contributed by atoms with Crippen LogP contribution < -0.4 is 11.0 Å². The maximum Gasteiger partial charge on any atom is 0.345 e. The summed E-state index contributed by atoms with van der Waals surface area (Å²) in [7, 11) is -0.476. The molecule has 1 amide bonds. The molecular formula is C16H26N4O5S. The molecule has 2 heterocycles. The first kappa shape index (κ1) is 20.5. The predicted molar refractivity (Wildman–Crippen MR) is 96.4 cm³/mol. The highest BCUT2D eigenvalue weighted by molar-refractivity contribution is 7.89. The molecule has 2 N–H and O–H groups in total. The summed E-state index contributed by atoms with van der Waals surface area (Å²) in [5.41, 5.74) is 0.0766. The number of aromatic amines is 1. The SMILES string of the molecule is CC(C)Cc1cc(C(=O)N[C@@H]2COC[C@H]2CS(=O)(=O)N(C)C)nc(=O)[nH]1. The van der Waals surface area contributed by atoms with Crippen LogP contribution in [0.4, 0.5) is 0 Å². The minimum absolute atomic E-state index is 0.0190. The average molecular weight is 386 g/mol. The number of hydrogen-bond acceptors (Lipinski definition) is 6. The molecule has 1 aromatic heterocycles. The van der Waals surface area contributed by atoms with Gasteiger partial charge in [-0.3, -0.25) is 4.79 Å². The number of sulfonamides is 1. The van der Waals surface area contributed by atoms with Crippen LogP contribution >= 0.6 is 0 Å². The second kappa shape index (κ2) is 8.28. The lowest BCUT2D eigenvalue weighted by Gasteiger charge is -2.20. The lowest BCUT2D eigenvalue weighted by atomic mass is 10.1. The maximum atomic E-state index is 12.5. The van der Waals surface area contributed by atoms with Crippen molar-refractivity contribution < 1.29 is 17.9 Å². The van der Waals surface area contributed by atoms with E-state index in [1.165, 1.54) is 14.1 Å². The van der Waals surface area contributed by atoms with E-state index >= 15 is 0 Å². The van der Waals surface area contributed by atoms with Crippen LogP contribution in [0, 0.1) is 11.8 Å². The summed E-state index contributed by atoms with van der Waals surface area (Å²) in [6.07, 6.45) is 0.619. The van der Waals surface area contributed by atoms with Gasteiger partial charge in [-0.2, -0.15) is 4.98 Å². The van der Waals surface area contributed by atoms with Crippen molar-refractivity contribution in [2.24, 2.45) is 11.8 Å². The van der Waals surface area contributed by atoms with E-state index in [0.29, 0.717) is 18.0 Å². The van der Waals surface area contributed by atoms with E-state index in [4.69, 9.17) is 4.74 Å². The summed E-state index contributed by atoms with van der Waals surface area (Å²) < 4.78 is 30.7. The number of ether oxygens (including phenoxy) is 1. The Morgan fingerprint density at radius 3 is 2.73 bits per heavy atom. The Morgan fingerprint density at radius 2 is 2.12 bits per heavy atom. The molecule has 0 radical (unpaired) electrons. The molecule has 1 fully saturated rings. The first-order valence-electron chi connectivity index (χ1n) is 8.47. The second-order valence-corrected chi connectivity index (χ2v) is 9.36. The van der Waals surface area contributed by atoms with E-state index in [1.54, 1.807) is 6.07 Å². The highest BCUT2D eigenvalue weighted by atomic mass is 32.2. The third-order valence-corrected chi connectivity index (χ3v) is 6.12. The van der Waals surface area contributed by atoms with Crippen LogP contribution in [0.3, 0.4) is 0 Å². The van der Waals surface area contributed by atoms with E-state index in [0.717, 1.165) is 4.31 Å². The quantitative estimate of drug-likeness (QED) is 0.658. The lowest BCUT2D eigenvalue weighted by Crippen LogP contribution is -2.44. The van der Waals surface area contributed by atoms with Crippen molar-refractivity contribution in [3.63, 3.8) is 0 Å². The smallest absolute Gasteiger partial charge is 0.345 e. The van der Waals surface area contributed by atoms with Crippen LogP contribution in [0.5, 0.6) is 0 Å². The molecule has 2 atom stereocenters. The normalized spacial score (nSPS) is 20.7. The van der Waals surface area contributed by atoms with Gasteiger partial charge in [0, 0.05) is 25.7 Å². The van der Waals surface area contributed by atoms with Gasteiger partial charge in [-0.15, -0.1) is 0 Å². The number of hydrogen-bond donors (Lipinski definition) is 2. The molecule has 1 aromatic rings. The molecule has 26 heavy (non-hydrogen) atoms. The van der Waals surface area contributed by atoms with E-state index < -0.39 is 27.7 Å². The van der Waals surface area contributed by atoms with Gasteiger partial charge < -0.3 is 15.0 Å². The predicted octanol–water partition coefficient (Wildman–Crippen LogP) is -0.395. The Hall–Kier alpha value is -1.78. The molecule has 1 saturated heterocycles. The van der Waals surface area contributed by atoms with Crippen LogP contribution in [0.25, 0.3) is 0 Å². The van der Waals surface area contributed by atoms with Crippen LogP contribution in [0.15, 0.2) is 10.9 Å². The minimum Gasteiger partial charge on any atom is -0.379 e. The van der Waals surface area contributed by atoms with Crippen molar-refractivity contribution >= 4 is 15.9 Å². The zero-order valence-electron chi connectivity index (χ0n) is 15.5. The number of H-pyrrole nitrogens is 1. The van der Waals surface area contributed by atoms with Crippen molar-refractivity contribution in [1.29, 1.82) is 0 Å². The summed E-state index contributed by atoms with van der Waals surface area (Å²) in [6.45, 7) is 4.48. The van der Waals surface area contributed by atoms with Gasteiger partial charge in [0.05, 0.1) is 25.0 Å². The number of aromatic nitrogens is 2. The summed E-state index contributed by atoms with van der Waals surface area (Å²) in [5, 5.41) is 2.75. The second-order valence-electron chi connectivity index (χ2n) is 7.13. The first-order valence-corrected chi connectivity index (χ1v) is 10.1. The van der Waals surface area contributed by atoms with Crippen molar-refractivity contribution in [3.8, 4) is 0 Å². The summed E-state index contributed by atoms with van der Waals surface area (Å²) in [5.74, 6) is -0.674. The van der Waals surface area contributed by atoms with Gasteiger partial charge in [-0.1, -0.05) is 13.8 Å². The molecule has 0 spiro atoms. The van der Waals surface area contributed by atoms with Crippen molar-refractivity contribution in [2.75, 3.05) is 33.1 Å². The monoisotopic (exact) mass is 386 g/mol. The fourth-order valence-electron chi connectivity index (χ4n) is 2.76. The van der Waals surface area contributed by atoms with Gasteiger partial charge in [0.1, 0.15) is 5.69 Å². The Balaban J connectivity index is 2.11. The molecule has 10 heteroatoms. The zero-order chi connectivity index (χ0) is 19.5. The molecule has 0 aliphatic carbocycles. The molecule has 9 nitrogen and oxygen atoms in total. The number of rotatable bonds is 7. The zero-order valence-corrected chi connectivity index (χ0v) is 16.3. The number of carbonyl (C=O) groups excluding carboxylic acids is 1. The largest absolute Gasteiger partial charge is 0.379 e. The Morgan fingerprint density at radius 1 is 1.42 bits per heavy atom. The third-order valence-electron chi connectivity index (χ3n) is 4.16. The van der Waals surface area contributed by atoms with E-state index in [1.807, 2.05) is 13.8 Å². The number of amides is 1. The van der Waals surface area contributed by atoms with E-state index in [-0.39, 0.29) is 30.6 Å². The molecule has 0 unspecified atom stereocenters. The van der Waals surface area contributed by atoms with E-state index in [2.05, 4.69) is 15.3 Å². The highest BCUT2D eigenvalue weighted by Crippen LogP contribution is 2.17. The fourth-order valence-corrected chi connectivity index (χ4v) is 3.93. The summed E-state index contributed by atoms with van der Waals surface area (Å²) in [4.78, 5) is 30.5. The van der Waals surface area contributed by atoms with Crippen LogP contribution in [-0.4, -0.2) is 67.7 Å². The van der Waals surface area contributed by atoms with Crippen molar-refractivity contribution in [2.45, 2.75) is 26.3 Å². The van der Waals surface area contributed by atoms with Crippen LogP contribution in [0.1, 0.15) is 30.0 Å². The topological polar surface area (TPSA) is 121 Å². The van der Waals surface area contributed by atoms with Gasteiger partial charge in [-0.25, -0.2) is 17.5 Å². The number of nitrogens with zero attached hydrogens (tertiary/aromatic N) is 2. The highest BCUT2D eigenvalue weighted by Gasteiger charge is 2.34. The van der Waals surface area contributed by atoms with E-state index in [9.17, 15) is 18.0 Å². The molecule has 0 saturated carbocycles. The molecule has 146 valence electrons. The number of carbonyl (C=O) groups is 1. The van der Waals surface area contributed by atoms with Gasteiger partial charge >= 0.3 is 5.69 Å². The first-order chi connectivity index (χ1) is 12.1. The minimum atomic E-state index is -3.41. The molecule has 1 aliphatic heterocycles. The Bertz CT molecular complexity index is 803. The van der Waals surface area contributed by atoms with Gasteiger partial charge in [0.2, 0.25) is 10.0 Å². The molecule has 1 aliphatic rings. The summed E-state index contributed by atoms with van der Waals surface area (Å²) in [6, 6.07) is 1.10. The number of nitrogens with one attached hydrogen (secondary N) is 2. The fraction of sp³-hybridized carbons (Fsp3) is 0.688. The van der Waals surface area contributed by atoms with Gasteiger partial charge in [0.25, 0.3) is 5.91 Å². The van der Waals surface area contributed by atoms with Crippen molar-refractivity contribution in [3.05, 3.63) is 27.9 Å². The Kier molecular flexibility index (Phi) is 6.53. The van der Waals surface area contributed by atoms with Crippen LogP contribution in [0.2, 0.25) is 0 Å². The van der Waals surface area contributed by atoms with Crippen LogP contribution in [-0.2, 0) is 21.2 Å². The lowest BCUT2D eigenvalue weighted by molar-refractivity contribution is 0.0920. The van der Waals surface area contributed by atoms with Crippen molar-refractivity contribution in [1.82, 2.24) is 19.6 Å².